The Kier molecular flexibility index (Phi) is 2.41. The van der Waals surface area contributed by atoms with Gasteiger partial charge in [-0.25, -0.2) is 0 Å². The number of nitrogens with zero attached hydrogens (tertiary/aromatic N) is 3. The van der Waals surface area contributed by atoms with Crippen LogP contribution in [0.5, 0.6) is 0 Å². The Balaban J connectivity index is 2.55. The number of aromatic nitrogens is 3. The molecule has 0 bridgehead atoms. The summed E-state index contributed by atoms with van der Waals surface area (Å²) < 4.78 is 1.93. The molecular weight excluding hydrogens is 188 g/mol. The second-order valence-electron chi connectivity index (χ2n) is 3.40. The zero-order chi connectivity index (χ0) is 10.8. The second kappa shape index (κ2) is 3.73. The lowest BCUT2D eigenvalue weighted by Crippen LogP contribution is -1.99. The lowest BCUT2D eigenvalue weighted by Gasteiger charge is -2.04. The number of hydrogen-bond acceptors (Lipinski definition) is 3. The molecule has 2 N–H and O–H groups in total. The molecule has 0 amide bonds. The molecule has 0 aliphatic carbocycles. The molecule has 0 aromatic carbocycles. The molecule has 4 heteroatoms. The molecule has 0 saturated carbocycles. The third-order valence-corrected chi connectivity index (χ3v) is 2.50. The largest absolute Gasteiger partial charge is 0.397 e. The van der Waals surface area contributed by atoms with Crippen LogP contribution in [-0.2, 0) is 6.54 Å². The Morgan fingerprint density at radius 3 is 2.87 bits per heavy atom. The summed E-state index contributed by atoms with van der Waals surface area (Å²) in [5.41, 5.74) is 9.49. The van der Waals surface area contributed by atoms with Crippen molar-refractivity contribution in [1.29, 1.82) is 0 Å². The van der Waals surface area contributed by atoms with Gasteiger partial charge in [0.15, 0.2) is 0 Å². The average molecular weight is 202 g/mol. The number of anilines is 1. The third kappa shape index (κ3) is 1.58. The predicted molar refractivity (Wildman–Crippen MR) is 60.3 cm³/mol. The van der Waals surface area contributed by atoms with Gasteiger partial charge in [0, 0.05) is 24.0 Å². The highest BCUT2D eigenvalue weighted by Gasteiger charge is 2.10. The van der Waals surface area contributed by atoms with Crippen molar-refractivity contribution in [3.63, 3.8) is 0 Å². The number of hydrogen-bond donors (Lipinski definition) is 1. The fourth-order valence-corrected chi connectivity index (χ4v) is 1.64. The first kappa shape index (κ1) is 9.71. The van der Waals surface area contributed by atoms with E-state index in [0.717, 1.165) is 23.5 Å². The van der Waals surface area contributed by atoms with E-state index in [9.17, 15) is 0 Å². The Labute approximate surface area is 88.8 Å². The first-order valence-electron chi connectivity index (χ1n) is 4.97. The maximum atomic E-state index is 5.87. The summed E-state index contributed by atoms with van der Waals surface area (Å²) in [5, 5.41) is 4.27. The van der Waals surface area contributed by atoms with Crippen LogP contribution >= 0.6 is 0 Å². The number of nitrogen functional groups attached to an aromatic ring is 1. The summed E-state index contributed by atoms with van der Waals surface area (Å²) in [4.78, 5) is 4.28. The summed E-state index contributed by atoms with van der Waals surface area (Å²) in [5.74, 6) is 0. The summed E-state index contributed by atoms with van der Waals surface area (Å²) in [6.07, 6.45) is 3.56. The van der Waals surface area contributed by atoms with Crippen LogP contribution in [0.1, 0.15) is 12.6 Å². The Morgan fingerprint density at radius 2 is 2.27 bits per heavy atom. The molecular formula is C11H14N4. The van der Waals surface area contributed by atoms with Crippen LogP contribution in [0, 0.1) is 6.92 Å². The first-order chi connectivity index (χ1) is 7.24. The fraction of sp³-hybridized carbons (Fsp3) is 0.273. The van der Waals surface area contributed by atoms with Crippen molar-refractivity contribution in [2.24, 2.45) is 0 Å². The van der Waals surface area contributed by atoms with Gasteiger partial charge in [-0.1, -0.05) is 0 Å². The van der Waals surface area contributed by atoms with Crippen molar-refractivity contribution in [2.45, 2.75) is 20.4 Å². The zero-order valence-electron chi connectivity index (χ0n) is 8.94. The van der Waals surface area contributed by atoms with Crippen LogP contribution < -0.4 is 5.73 Å². The summed E-state index contributed by atoms with van der Waals surface area (Å²) in [7, 11) is 0. The van der Waals surface area contributed by atoms with Crippen LogP contribution in [0.2, 0.25) is 0 Å². The minimum Gasteiger partial charge on any atom is -0.397 e. The predicted octanol–water partition coefficient (Wildman–Crippen LogP) is 1.86. The van der Waals surface area contributed by atoms with Crippen LogP contribution in [0.15, 0.2) is 24.5 Å². The summed E-state index contributed by atoms with van der Waals surface area (Å²) >= 11 is 0. The molecule has 0 aliphatic rings. The molecule has 2 aromatic rings. The molecule has 4 nitrogen and oxygen atoms in total. The monoisotopic (exact) mass is 202 g/mol. The highest BCUT2D eigenvalue weighted by atomic mass is 15.3. The van der Waals surface area contributed by atoms with Crippen LogP contribution in [0.3, 0.4) is 0 Å². The lowest BCUT2D eigenvalue weighted by atomic mass is 10.1. The fourth-order valence-electron chi connectivity index (χ4n) is 1.64. The van der Waals surface area contributed by atoms with Crippen molar-refractivity contribution >= 4 is 5.69 Å². The van der Waals surface area contributed by atoms with E-state index < -0.39 is 0 Å². The number of aryl methyl sites for hydroxylation is 1. The van der Waals surface area contributed by atoms with E-state index in [1.807, 2.05) is 29.9 Å². The van der Waals surface area contributed by atoms with Crippen molar-refractivity contribution < 1.29 is 0 Å². The molecule has 0 radical (unpaired) electrons. The minimum absolute atomic E-state index is 0.691. The van der Waals surface area contributed by atoms with Gasteiger partial charge in [-0.05, 0) is 26.0 Å². The third-order valence-electron chi connectivity index (χ3n) is 2.50. The van der Waals surface area contributed by atoms with Gasteiger partial charge >= 0.3 is 0 Å². The standard InChI is InChI=1S/C11H14N4/c1-3-15-8(2)9(7-14-15)11-10(12)5-4-6-13-11/h4-7H,3,12H2,1-2H3. The van der Waals surface area contributed by atoms with E-state index in [2.05, 4.69) is 17.0 Å². The van der Waals surface area contributed by atoms with E-state index in [-0.39, 0.29) is 0 Å². The molecule has 2 heterocycles. The van der Waals surface area contributed by atoms with Crippen molar-refractivity contribution in [3.05, 3.63) is 30.2 Å². The van der Waals surface area contributed by atoms with Gasteiger partial charge in [0.1, 0.15) is 0 Å². The van der Waals surface area contributed by atoms with Crippen LogP contribution in [-0.4, -0.2) is 14.8 Å². The summed E-state index contributed by atoms with van der Waals surface area (Å²) in [6, 6.07) is 3.68. The Morgan fingerprint density at radius 1 is 1.47 bits per heavy atom. The minimum atomic E-state index is 0.691. The molecule has 0 unspecified atom stereocenters. The quantitative estimate of drug-likeness (QED) is 0.808. The lowest BCUT2D eigenvalue weighted by molar-refractivity contribution is 0.640. The van der Waals surface area contributed by atoms with E-state index in [1.54, 1.807) is 6.20 Å². The van der Waals surface area contributed by atoms with E-state index in [0.29, 0.717) is 5.69 Å². The molecule has 0 fully saturated rings. The van der Waals surface area contributed by atoms with Gasteiger partial charge in [-0.2, -0.15) is 5.10 Å². The molecule has 0 spiro atoms. The Hall–Kier alpha value is -1.84. The molecule has 15 heavy (non-hydrogen) atoms. The van der Waals surface area contributed by atoms with Crippen molar-refractivity contribution in [2.75, 3.05) is 5.73 Å². The molecule has 2 rings (SSSR count). The molecule has 2 aromatic heterocycles. The van der Waals surface area contributed by atoms with Gasteiger partial charge in [0.05, 0.1) is 17.6 Å². The maximum Gasteiger partial charge on any atom is 0.0965 e. The van der Waals surface area contributed by atoms with Gasteiger partial charge in [-0.15, -0.1) is 0 Å². The maximum absolute atomic E-state index is 5.87. The van der Waals surface area contributed by atoms with Crippen LogP contribution in [0.25, 0.3) is 11.3 Å². The van der Waals surface area contributed by atoms with Crippen LogP contribution in [0.4, 0.5) is 5.69 Å². The number of nitrogens with two attached hydrogens (primary N) is 1. The van der Waals surface area contributed by atoms with Gasteiger partial charge in [0.25, 0.3) is 0 Å². The smallest absolute Gasteiger partial charge is 0.0965 e. The first-order valence-corrected chi connectivity index (χ1v) is 4.97. The zero-order valence-corrected chi connectivity index (χ0v) is 8.94. The normalized spacial score (nSPS) is 10.5. The van der Waals surface area contributed by atoms with Gasteiger partial charge in [0.2, 0.25) is 0 Å². The molecule has 0 saturated heterocycles. The SMILES string of the molecule is CCn1ncc(-c2ncccc2N)c1C. The van der Waals surface area contributed by atoms with Gasteiger partial charge in [-0.3, -0.25) is 9.67 Å². The van der Waals surface area contributed by atoms with E-state index in [1.165, 1.54) is 0 Å². The molecule has 78 valence electrons. The summed E-state index contributed by atoms with van der Waals surface area (Å²) in [6.45, 7) is 4.95. The number of rotatable bonds is 2. The second-order valence-corrected chi connectivity index (χ2v) is 3.40. The topological polar surface area (TPSA) is 56.7 Å². The molecule has 0 atom stereocenters. The highest BCUT2D eigenvalue weighted by molar-refractivity contribution is 5.73. The van der Waals surface area contributed by atoms with Crippen molar-refractivity contribution in [1.82, 2.24) is 14.8 Å². The van der Waals surface area contributed by atoms with Gasteiger partial charge < -0.3 is 5.73 Å². The van der Waals surface area contributed by atoms with Crippen molar-refractivity contribution in [3.8, 4) is 11.3 Å². The van der Waals surface area contributed by atoms with E-state index >= 15 is 0 Å². The highest BCUT2D eigenvalue weighted by Crippen LogP contribution is 2.25. The average Bonchev–Trinajstić information content (AvgIpc) is 2.60. The molecule has 0 aliphatic heterocycles. The number of pyridine rings is 1. The van der Waals surface area contributed by atoms with E-state index in [4.69, 9.17) is 5.73 Å². The Bertz CT molecular complexity index is 473.